The fraction of sp³-hybridized carbons (Fsp3) is 0.765. The van der Waals surface area contributed by atoms with Crippen molar-refractivity contribution in [2.45, 2.75) is 70.4 Å². The lowest BCUT2D eigenvalue weighted by Gasteiger charge is -2.39. The molecule has 1 saturated carbocycles. The van der Waals surface area contributed by atoms with Gasteiger partial charge in [0.05, 0.1) is 0 Å². The van der Waals surface area contributed by atoms with Crippen LogP contribution in [0.15, 0.2) is 11.6 Å². The fourth-order valence-electron chi connectivity index (χ4n) is 3.60. The highest BCUT2D eigenvalue weighted by Crippen LogP contribution is 2.35. The van der Waals surface area contributed by atoms with E-state index in [1.807, 2.05) is 11.8 Å². The summed E-state index contributed by atoms with van der Waals surface area (Å²) >= 11 is 0. The molecule has 0 bridgehead atoms. The van der Waals surface area contributed by atoms with Crippen molar-refractivity contribution >= 4 is 11.8 Å². The third-order valence-electron chi connectivity index (χ3n) is 5.06. The molecule has 2 aliphatic carbocycles. The molecule has 0 aromatic rings. The third-order valence-corrected chi connectivity index (χ3v) is 5.06. The predicted molar refractivity (Wildman–Crippen MR) is 81.6 cm³/mol. The number of hydrogen-bond acceptors (Lipinski definition) is 2. The van der Waals surface area contributed by atoms with E-state index in [1.165, 1.54) is 24.8 Å². The highest BCUT2D eigenvalue weighted by atomic mass is 16.2. The monoisotopic (exact) mass is 290 g/mol. The van der Waals surface area contributed by atoms with Gasteiger partial charge in [0.15, 0.2) is 0 Å². The highest BCUT2D eigenvalue weighted by molar-refractivity contribution is 5.97. The van der Waals surface area contributed by atoms with Gasteiger partial charge in [0.25, 0.3) is 0 Å². The molecule has 0 aromatic carbocycles. The summed E-state index contributed by atoms with van der Waals surface area (Å²) in [7, 11) is 0. The number of allylic oxidation sites excluding steroid dienone is 1. The van der Waals surface area contributed by atoms with E-state index in [1.54, 1.807) is 0 Å². The number of amides is 2. The average Bonchev–Trinajstić information content (AvgIpc) is 3.33. The van der Waals surface area contributed by atoms with Crippen LogP contribution in [0.2, 0.25) is 0 Å². The highest BCUT2D eigenvalue weighted by Gasteiger charge is 2.46. The molecule has 1 heterocycles. The molecule has 3 rings (SSSR count). The Labute approximate surface area is 127 Å². The Balaban J connectivity index is 1.67. The lowest BCUT2D eigenvalue weighted by molar-refractivity contribution is -0.150. The van der Waals surface area contributed by atoms with Crippen LogP contribution < -0.4 is 5.32 Å². The summed E-state index contributed by atoms with van der Waals surface area (Å²) in [6.45, 7) is 2.70. The molecule has 3 aliphatic rings. The molecule has 21 heavy (non-hydrogen) atoms. The first-order valence-corrected chi connectivity index (χ1v) is 8.49. The van der Waals surface area contributed by atoms with Crippen molar-refractivity contribution in [3.8, 4) is 0 Å². The second kappa shape index (κ2) is 6.20. The number of hydrogen-bond donors (Lipinski definition) is 1. The smallest absolute Gasteiger partial charge is 0.246 e. The molecule has 0 radical (unpaired) electrons. The van der Waals surface area contributed by atoms with Gasteiger partial charge < -0.3 is 10.2 Å². The van der Waals surface area contributed by atoms with E-state index >= 15 is 0 Å². The van der Waals surface area contributed by atoms with Crippen molar-refractivity contribution in [1.82, 2.24) is 10.2 Å². The van der Waals surface area contributed by atoms with E-state index in [0.717, 1.165) is 25.7 Å². The Morgan fingerprint density at radius 2 is 2.10 bits per heavy atom. The summed E-state index contributed by atoms with van der Waals surface area (Å²) in [6.07, 6.45) is 11.0. The number of carbonyl (C=O) groups is 2. The molecular formula is C17H26N2O2. The first-order chi connectivity index (χ1) is 10.2. The van der Waals surface area contributed by atoms with E-state index < -0.39 is 0 Å². The molecule has 1 N–H and O–H groups in total. The summed E-state index contributed by atoms with van der Waals surface area (Å²) in [4.78, 5) is 26.8. The summed E-state index contributed by atoms with van der Waals surface area (Å²) in [6, 6.07) is -0.516. The largest absolute Gasteiger partial charge is 0.342 e. The number of carbonyl (C=O) groups excluding carboxylic acids is 2. The molecule has 2 atom stereocenters. The third kappa shape index (κ3) is 3.14. The first-order valence-electron chi connectivity index (χ1n) is 8.49. The van der Waals surface area contributed by atoms with Crippen LogP contribution in [0.1, 0.15) is 58.3 Å². The molecule has 2 fully saturated rings. The van der Waals surface area contributed by atoms with Gasteiger partial charge >= 0.3 is 0 Å². The van der Waals surface area contributed by atoms with E-state index in [-0.39, 0.29) is 23.9 Å². The second-order valence-corrected chi connectivity index (χ2v) is 6.64. The minimum Gasteiger partial charge on any atom is -0.342 e. The van der Waals surface area contributed by atoms with E-state index in [9.17, 15) is 9.59 Å². The van der Waals surface area contributed by atoms with Gasteiger partial charge in [-0.1, -0.05) is 18.6 Å². The average molecular weight is 290 g/mol. The van der Waals surface area contributed by atoms with Crippen molar-refractivity contribution in [3.63, 3.8) is 0 Å². The Hall–Kier alpha value is -1.32. The van der Waals surface area contributed by atoms with Crippen LogP contribution in [0.4, 0.5) is 0 Å². The van der Waals surface area contributed by atoms with Crippen LogP contribution in [0, 0.1) is 5.92 Å². The topological polar surface area (TPSA) is 49.4 Å². The lowest BCUT2D eigenvalue weighted by atomic mass is 9.95. The molecule has 2 unspecified atom stereocenters. The molecule has 2 amide bonds. The van der Waals surface area contributed by atoms with Crippen molar-refractivity contribution in [3.05, 3.63) is 11.6 Å². The van der Waals surface area contributed by atoms with Crippen molar-refractivity contribution < 1.29 is 9.59 Å². The van der Waals surface area contributed by atoms with E-state index in [2.05, 4.69) is 11.4 Å². The fourth-order valence-corrected chi connectivity index (χ4v) is 3.60. The van der Waals surface area contributed by atoms with Crippen molar-refractivity contribution in [2.75, 3.05) is 6.54 Å². The minimum atomic E-state index is -0.267. The zero-order valence-corrected chi connectivity index (χ0v) is 12.9. The van der Waals surface area contributed by atoms with Gasteiger partial charge in [-0.15, -0.1) is 0 Å². The minimum absolute atomic E-state index is 0.0478. The Morgan fingerprint density at radius 1 is 1.29 bits per heavy atom. The van der Waals surface area contributed by atoms with Crippen LogP contribution in [0.3, 0.4) is 0 Å². The lowest BCUT2D eigenvalue weighted by Crippen LogP contribution is -2.63. The van der Waals surface area contributed by atoms with Gasteiger partial charge in [0, 0.05) is 6.54 Å². The number of nitrogens with one attached hydrogen (secondary N) is 1. The molecule has 4 nitrogen and oxygen atoms in total. The van der Waals surface area contributed by atoms with Gasteiger partial charge in [-0.2, -0.15) is 0 Å². The molecule has 116 valence electrons. The zero-order valence-electron chi connectivity index (χ0n) is 12.9. The van der Waals surface area contributed by atoms with Crippen LogP contribution in [0.25, 0.3) is 0 Å². The van der Waals surface area contributed by atoms with Crippen molar-refractivity contribution in [1.29, 1.82) is 0 Å². The summed E-state index contributed by atoms with van der Waals surface area (Å²) in [5.41, 5.74) is 1.47. The maximum absolute atomic E-state index is 12.7. The molecule has 0 aromatic heterocycles. The van der Waals surface area contributed by atoms with Crippen LogP contribution >= 0.6 is 0 Å². The molecular weight excluding hydrogens is 264 g/mol. The van der Waals surface area contributed by atoms with Gasteiger partial charge in [-0.3, -0.25) is 9.59 Å². The normalized spacial score (nSPS) is 30.1. The molecule has 1 aliphatic heterocycles. The van der Waals surface area contributed by atoms with Gasteiger partial charge in [0.2, 0.25) is 11.8 Å². The first kappa shape index (κ1) is 14.6. The number of nitrogens with zero attached hydrogens (tertiary/aromatic N) is 1. The zero-order chi connectivity index (χ0) is 14.8. The van der Waals surface area contributed by atoms with Crippen LogP contribution in [0.5, 0.6) is 0 Å². The number of rotatable bonds is 5. The molecule has 4 heteroatoms. The summed E-state index contributed by atoms with van der Waals surface area (Å²) in [5, 5.41) is 2.95. The van der Waals surface area contributed by atoms with Crippen molar-refractivity contribution in [2.24, 2.45) is 5.92 Å². The van der Waals surface area contributed by atoms with Crippen LogP contribution in [-0.4, -0.2) is 35.3 Å². The standard InChI is InChI=1S/C17H26N2O2/c1-2-14-16(20)18-15(13-8-9-13)17(21)19(14)11-10-12-6-4-3-5-7-12/h6,13-15H,2-5,7-11H2,1H3,(H,18,20). The quantitative estimate of drug-likeness (QED) is 0.790. The summed E-state index contributed by atoms with van der Waals surface area (Å²) in [5.74, 6) is 0.586. The van der Waals surface area contributed by atoms with E-state index in [0.29, 0.717) is 18.9 Å². The maximum Gasteiger partial charge on any atom is 0.246 e. The molecule has 0 spiro atoms. The van der Waals surface area contributed by atoms with Gasteiger partial charge in [-0.05, 0) is 57.3 Å². The number of piperazine rings is 1. The van der Waals surface area contributed by atoms with Crippen LogP contribution in [-0.2, 0) is 9.59 Å². The SMILES string of the molecule is CCC1C(=O)NC(C2CC2)C(=O)N1CCC1=CCCCC1. The Kier molecular flexibility index (Phi) is 4.32. The predicted octanol–water partition coefficient (Wildman–Crippen LogP) is 2.39. The second-order valence-electron chi connectivity index (χ2n) is 6.64. The maximum atomic E-state index is 12.7. The molecule has 1 saturated heterocycles. The van der Waals surface area contributed by atoms with Gasteiger partial charge in [-0.25, -0.2) is 0 Å². The summed E-state index contributed by atoms with van der Waals surface area (Å²) < 4.78 is 0. The van der Waals surface area contributed by atoms with E-state index in [4.69, 9.17) is 0 Å². The Bertz CT molecular complexity index is 454. The Morgan fingerprint density at radius 3 is 2.71 bits per heavy atom. The van der Waals surface area contributed by atoms with Gasteiger partial charge in [0.1, 0.15) is 12.1 Å².